The van der Waals surface area contributed by atoms with Gasteiger partial charge in [0.2, 0.25) is 0 Å². The Hall–Kier alpha value is -1.47. The standard InChI is InChI=1S/C10H12BrN3O3/c1-6(3-12)4-13-5-8(14(16)17)7(2)9(11)10(13)15/h5H,1,3-4,12H2,2H3. The molecule has 0 aliphatic rings. The number of hydrogen-bond acceptors (Lipinski definition) is 4. The summed E-state index contributed by atoms with van der Waals surface area (Å²) < 4.78 is 1.42. The number of rotatable bonds is 4. The van der Waals surface area contributed by atoms with E-state index < -0.39 is 4.92 Å². The van der Waals surface area contributed by atoms with E-state index in [1.807, 2.05) is 0 Å². The van der Waals surface area contributed by atoms with E-state index in [2.05, 4.69) is 22.5 Å². The second kappa shape index (κ2) is 5.24. The number of halogens is 1. The minimum Gasteiger partial charge on any atom is -0.327 e. The molecule has 0 aliphatic heterocycles. The zero-order valence-electron chi connectivity index (χ0n) is 9.27. The Morgan fingerprint density at radius 2 is 2.29 bits per heavy atom. The highest BCUT2D eigenvalue weighted by atomic mass is 79.9. The van der Waals surface area contributed by atoms with Crippen molar-refractivity contribution >= 4 is 21.6 Å². The molecule has 0 aliphatic carbocycles. The van der Waals surface area contributed by atoms with E-state index >= 15 is 0 Å². The summed E-state index contributed by atoms with van der Waals surface area (Å²) in [6.45, 7) is 5.59. The van der Waals surface area contributed by atoms with Crippen LogP contribution in [0.5, 0.6) is 0 Å². The Morgan fingerprint density at radius 3 is 2.76 bits per heavy atom. The lowest BCUT2D eigenvalue weighted by Gasteiger charge is -2.09. The van der Waals surface area contributed by atoms with Crippen LogP contribution in [0.3, 0.4) is 0 Å². The predicted octanol–water partition coefficient (Wildman–Crippen LogP) is 1.34. The molecule has 17 heavy (non-hydrogen) atoms. The summed E-state index contributed by atoms with van der Waals surface area (Å²) in [5.41, 5.74) is 5.87. The number of nitrogens with zero attached hydrogens (tertiary/aromatic N) is 2. The normalized spacial score (nSPS) is 10.3. The Morgan fingerprint density at radius 1 is 1.71 bits per heavy atom. The smallest absolute Gasteiger partial charge is 0.289 e. The molecule has 0 unspecified atom stereocenters. The summed E-state index contributed by atoms with van der Waals surface area (Å²) in [4.78, 5) is 22.1. The zero-order valence-corrected chi connectivity index (χ0v) is 10.9. The van der Waals surface area contributed by atoms with E-state index in [0.29, 0.717) is 11.1 Å². The van der Waals surface area contributed by atoms with Gasteiger partial charge in [-0.05, 0) is 28.4 Å². The van der Waals surface area contributed by atoms with E-state index in [0.717, 1.165) is 0 Å². The van der Waals surface area contributed by atoms with Crippen LogP contribution in [0.4, 0.5) is 5.69 Å². The molecule has 1 aromatic heterocycles. The van der Waals surface area contributed by atoms with Crippen LogP contribution in [0.25, 0.3) is 0 Å². The lowest BCUT2D eigenvalue weighted by molar-refractivity contribution is -0.386. The van der Waals surface area contributed by atoms with E-state index in [1.165, 1.54) is 17.7 Å². The maximum Gasteiger partial charge on any atom is 0.289 e. The third-order valence-corrected chi connectivity index (χ3v) is 3.25. The fourth-order valence-corrected chi connectivity index (χ4v) is 1.74. The van der Waals surface area contributed by atoms with Crippen LogP contribution in [-0.4, -0.2) is 16.0 Å². The van der Waals surface area contributed by atoms with Crippen molar-refractivity contribution in [3.8, 4) is 0 Å². The van der Waals surface area contributed by atoms with Crippen LogP contribution in [0, 0.1) is 17.0 Å². The molecule has 0 saturated carbocycles. The number of aromatic nitrogens is 1. The summed E-state index contributed by atoms with van der Waals surface area (Å²) in [6, 6.07) is 0. The molecule has 1 rings (SSSR count). The van der Waals surface area contributed by atoms with Crippen molar-refractivity contribution in [3.63, 3.8) is 0 Å². The minimum absolute atomic E-state index is 0.110. The van der Waals surface area contributed by atoms with Crippen molar-refractivity contribution in [2.24, 2.45) is 5.73 Å². The zero-order chi connectivity index (χ0) is 13.2. The summed E-state index contributed by atoms with van der Waals surface area (Å²) in [7, 11) is 0. The number of hydrogen-bond donors (Lipinski definition) is 1. The van der Waals surface area contributed by atoms with Crippen LogP contribution in [0.1, 0.15) is 5.56 Å². The molecule has 6 nitrogen and oxygen atoms in total. The molecule has 0 fully saturated rings. The maximum absolute atomic E-state index is 11.8. The first-order chi connectivity index (χ1) is 7.88. The van der Waals surface area contributed by atoms with Gasteiger partial charge in [-0.15, -0.1) is 0 Å². The monoisotopic (exact) mass is 301 g/mol. The Bertz CT molecular complexity index is 536. The highest BCUT2D eigenvalue weighted by Crippen LogP contribution is 2.22. The second-order valence-electron chi connectivity index (χ2n) is 3.60. The van der Waals surface area contributed by atoms with E-state index in [9.17, 15) is 14.9 Å². The van der Waals surface area contributed by atoms with Crippen molar-refractivity contribution in [1.82, 2.24) is 4.57 Å². The van der Waals surface area contributed by atoms with Crippen LogP contribution >= 0.6 is 15.9 Å². The van der Waals surface area contributed by atoms with Gasteiger partial charge in [0, 0.05) is 18.7 Å². The summed E-state index contributed by atoms with van der Waals surface area (Å²) in [5.74, 6) is 0. The predicted molar refractivity (Wildman–Crippen MR) is 68.0 cm³/mol. The van der Waals surface area contributed by atoms with Gasteiger partial charge in [0.1, 0.15) is 0 Å². The van der Waals surface area contributed by atoms with Gasteiger partial charge in [0.15, 0.2) is 0 Å². The van der Waals surface area contributed by atoms with Gasteiger partial charge in [0.25, 0.3) is 11.2 Å². The molecule has 0 bridgehead atoms. The average Bonchev–Trinajstić information content (AvgIpc) is 2.29. The summed E-state index contributed by atoms with van der Waals surface area (Å²) in [5, 5.41) is 10.8. The lowest BCUT2D eigenvalue weighted by atomic mass is 10.2. The van der Waals surface area contributed by atoms with Crippen molar-refractivity contribution in [2.45, 2.75) is 13.5 Å². The maximum atomic E-state index is 11.8. The average molecular weight is 302 g/mol. The molecule has 0 spiro atoms. The largest absolute Gasteiger partial charge is 0.327 e. The second-order valence-corrected chi connectivity index (χ2v) is 4.39. The van der Waals surface area contributed by atoms with E-state index in [-0.39, 0.29) is 28.8 Å². The fraction of sp³-hybridized carbons (Fsp3) is 0.300. The number of nitrogens with two attached hydrogens (primary N) is 1. The highest BCUT2D eigenvalue weighted by molar-refractivity contribution is 9.10. The molecule has 7 heteroatoms. The SMILES string of the molecule is C=C(CN)Cn1cc([N+](=O)[O-])c(C)c(Br)c1=O. The molecule has 0 aromatic carbocycles. The highest BCUT2D eigenvalue weighted by Gasteiger charge is 2.18. The van der Waals surface area contributed by atoms with Crippen molar-refractivity contribution < 1.29 is 4.92 Å². The Labute approximate surface area is 106 Å². The summed E-state index contributed by atoms with van der Waals surface area (Å²) in [6.07, 6.45) is 1.21. The van der Waals surface area contributed by atoms with Gasteiger partial charge in [0.05, 0.1) is 15.6 Å². The van der Waals surface area contributed by atoms with Gasteiger partial charge in [-0.1, -0.05) is 6.58 Å². The Kier molecular flexibility index (Phi) is 4.19. The minimum atomic E-state index is -0.527. The number of pyridine rings is 1. The molecule has 0 radical (unpaired) electrons. The molecule has 1 heterocycles. The van der Waals surface area contributed by atoms with Crippen LogP contribution in [-0.2, 0) is 6.54 Å². The van der Waals surface area contributed by atoms with Gasteiger partial charge in [-0.2, -0.15) is 0 Å². The topological polar surface area (TPSA) is 91.2 Å². The van der Waals surface area contributed by atoms with Crippen molar-refractivity contribution in [3.05, 3.63) is 48.9 Å². The van der Waals surface area contributed by atoms with Gasteiger partial charge < -0.3 is 10.3 Å². The van der Waals surface area contributed by atoms with Gasteiger partial charge in [-0.3, -0.25) is 14.9 Å². The van der Waals surface area contributed by atoms with Crippen molar-refractivity contribution in [1.29, 1.82) is 0 Å². The molecular formula is C10H12BrN3O3. The molecular weight excluding hydrogens is 290 g/mol. The molecule has 0 saturated heterocycles. The van der Waals surface area contributed by atoms with Gasteiger partial charge in [-0.25, -0.2) is 0 Å². The molecule has 0 atom stereocenters. The van der Waals surface area contributed by atoms with Crippen LogP contribution in [0.2, 0.25) is 0 Å². The molecule has 92 valence electrons. The first-order valence-corrected chi connectivity index (χ1v) is 5.58. The molecule has 1 aromatic rings. The number of nitro groups is 1. The third kappa shape index (κ3) is 2.80. The quantitative estimate of drug-likeness (QED) is 0.516. The van der Waals surface area contributed by atoms with E-state index in [4.69, 9.17) is 5.73 Å². The Balaban J connectivity index is 3.37. The first-order valence-electron chi connectivity index (χ1n) is 4.79. The lowest BCUT2D eigenvalue weighted by Crippen LogP contribution is -2.24. The third-order valence-electron chi connectivity index (χ3n) is 2.32. The summed E-state index contributed by atoms with van der Waals surface area (Å²) >= 11 is 3.06. The van der Waals surface area contributed by atoms with Gasteiger partial charge >= 0.3 is 0 Å². The van der Waals surface area contributed by atoms with Crippen molar-refractivity contribution in [2.75, 3.05) is 6.54 Å². The first kappa shape index (κ1) is 13.6. The fourth-order valence-electron chi connectivity index (χ4n) is 1.31. The van der Waals surface area contributed by atoms with Crippen LogP contribution in [0.15, 0.2) is 27.6 Å². The van der Waals surface area contributed by atoms with E-state index in [1.54, 1.807) is 0 Å². The van der Waals surface area contributed by atoms with Crippen LogP contribution < -0.4 is 11.3 Å². The molecule has 2 N–H and O–H groups in total. The molecule has 0 amide bonds.